The standard InChI is InChI=1S/C18H15ClN2O2S/c1-23-16-10-5-4-9-15(16)21-17(22)13-7-2-3-8-14(13)20-18(21)24-12-6-11-19/h2-11H,12H2,1H3/b11-6+. The molecule has 0 atom stereocenters. The predicted molar refractivity (Wildman–Crippen MR) is 99.6 cm³/mol. The van der Waals surface area contributed by atoms with Gasteiger partial charge in [0.1, 0.15) is 5.75 Å². The van der Waals surface area contributed by atoms with E-state index in [1.807, 2.05) is 42.5 Å². The Morgan fingerprint density at radius 1 is 1.21 bits per heavy atom. The molecule has 122 valence electrons. The van der Waals surface area contributed by atoms with Crippen molar-refractivity contribution in [3.63, 3.8) is 0 Å². The minimum atomic E-state index is -0.123. The number of methoxy groups -OCH3 is 1. The summed E-state index contributed by atoms with van der Waals surface area (Å²) in [5, 5.41) is 1.17. The molecule has 0 bridgehead atoms. The van der Waals surface area contributed by atoms with Crippen molar-refractivity contribution >= 4 is 34.3 Å². The van der Waals surface area contributed by atoms with Crippen LogP contribution in [0.15, 0.2) is 70.1 Å². The lowest BCUT2D eigenvalue weighted by Gasteiger charge is -2.15. The second-order valence-electron chi connectivity index (χ2n) is 4.90. The summed E-state index contributed by atoms with van der Waals surface area (Å²) in [4.78, 5) is 17.7. The van der Waals surface area contributed by atoms with Gasteiger partial charge in [0.2, 0.25) is 0 Å². The fourth-order valence-electron chi connectivity index (χ4n) is 2.40. The van der Waals surface area contributed by atoms with Crippen LogP contribution >= 0.6 is 23.4 Å². The van der Waals surface area contributed by atoms with Crippen LogP contribution in [-0.4, -0.2) is 22.4 Å². The van der Waals surface area contributed by atoms with Crippen LogP contribution in [0.25, 0.3) is 16.6 Å². The van der Waals surface area contributed by atoms with Gasteiger partial charge >= 0.3 is 0 Å². The summed E-state index contributed by atoms with van der Waals surface area (Å²) in [7, 11) is 1.58. The Hall–Kier alpha value is -2.24. The second-order valence-corrected chi connectivity index (χ2v) is 6.14. The summed E-state index contributed by atoms with van der Waals surface area (Å²) in [6, 6.07) is 14.7. The third-order valence-electron chi connectivity index (χ3n) is 3.47. The van der Waals surface area contributed by atoms with Crippen molar-refractivity contribution in [3.05, 3.63) is 70.5 Å². The number of nitrogens with zero attached hydrogens (tertiary/aromatic N) is 2. The van der Waals surface area contributed by atoms with Gasteiger partial charge in [-0.05, 0) is 24.3 Å². The van der Waals surface area contributed by atoms with Crippen molar-refractivity contribution < 1.29 is 4.74 Å². The molecule has 1 heterocycles. The molecule has 0 aliphatic heterocycles. The quantitative estimate of drug-likeness (QED) is 0.505. The Bertz CT molecular complexity index is 953. The molecule has 6 heteroatoms. The van der Waals surface area contributed by atoms with E-state index < -0.39 is 0 Å². The van der Waals surface area contributed by atoms with Gasteiger partial charge in [0, 0.05) is 11.3 Å². The highest BCUT2D eigenvalue weighted by molar-refractivity contribution is 7.99. The lowest BCUT2D eigenvalue weighted by atomic mass is 10.2. The highest BCUT2D eigenvalue weighted by Crippen LogP contribution is 2.27. The summed E-state index contributed by atoms with van der Waals surface area (Å²) in [5.41, 5.74) is 2.67. The van der Waals surface area contributed by atoms with Crippen molar-refractivity contribution in [2.45, 2.75) is 5.16 Å². The van der Waals surface area contributed by atoms with E-state index >= 15 is 0 Å². The number of aromatic nitrogens is 2. The van der Waals surface area contributed by atoms with E-state index in [4.69, 9.17) is 16.3 Å². The summed E-state index contributed by atoms with van der Waals surface area (Å²) >= 11 is 7.04. The number of rotatable bonds is 5. The van der Waals surface area contributed by atoms with Crippen LogP contribution in [0.2, 0.25) is 0 Å². The Balaban J connectivity index is 2.28. The van der Waals surface area contributed by atoms with Crippen LogP contribution in [0.1, 0.15) is 0 Å². The molecule has 0 saturated carbocycles. The van der Waals surface area contributed by atoms with Crippen molar-refractivity contribution in [2.75, 3.05) is 12.9 Å². The molecular weight excluding hydrogens is 344 g/mol. The number of ether oxygens (including phenoxy) is 1. The zero-order chi connectivity index (χ0) is 16.9. The summed E-state index contributed by atoms with van der Waals surface area (Å²) in [6.45, 7) is 0. The minimum Gasteiger partial charge on any atom is -0.495 e. The first-order valence-electron chi connectivity index (χ1n) is 7.29. The van der Waals surface area contributed by atoms with Gasteiger partial charge in [0.05, 0.1) is 23.7 Å². The number of thioether (sulfide) groups is 1. The zero-order valence-corrected chi connectivity index (χ0v) is 14.6. The summed E-state index contributed by atoms with van der Waals surface area (Å²) in [6.07, 6.45) is 1.81. The van der Waals surface area contributed by atoms with E-state index in [1.165, 1.54) is 17.3 Å². The van der Waals surface area contributed by atoms with Crippen LogP contribution in [0.3, 0.4) is 0 Å². The first kappa shape index (κ1) is 16.6. The highest BCUT2D eigenvalue weighted by Gasteiger charge is 2.15. The molecule has 0 radical (unpaired) electrons. The molecule has 0 N–H and O–H groups in total. The zero-order valence-electron chi connectivity index (χ0n) is 13.0. The Kier molecular flexibility index (Phi) is 5.23. The van der Waals surface area contributed by atoms with Gasteiger partial charge in [-0.3, -0.25) is 9.36 Å². The van der Waals surface area contributed by atoms with Crippen LogP contribution in [0.5, 0.6) is 5.75 Å². The topological polar surface area (TPSA) is 44.1 Å². The molecule has 0 aliphatic rings. The molecule has 2 aromatic carbocycles. The van der Waals surface area contributed by atoms with Crippen molar-refractivity contribution in [2.24, 2.45) is 0 Å². The van der Waals surface area contributed by atoms with E-state index in [2.05, 4.69) is 4.98 Å². The molecule has 24 heavy (non-hydrogen) atoms. The number of hydrogen-bond donors (Lipinski definition) is 0. The third kappa shape index (κ3) is 3.18. The molecule has 3 aromatic rings. The normalized spacial score (nSPS) is 11.2. The smallest absolute Gasteiger partial charge is 0.266 e. The van der Waals surface area contributed by atoms with Gasteiger partial charge in [0.25, 0.3) is 5.56 Å². The molecule has 3 rings (SSSR count). The van der Waals surface area contributed by atoms with Crippen molar-refractivity contribution in [1.82, 2.24) is 9.55 Å². The Morgan fingerprint density at radius 2 is 1.96 bits per heavy atom. The fraction of sp³-hybridized carbons (Fsp3) is 0.111. The maximum atomic E-state index is 13.1. The summed E-state index contributed by atoms with van der Waals surface area (Å²) in [5.74, 6) is 1.23. The maximum Gasteiger partial charge on any atom is 0.266 e. The number of fused-ring (bicyclic) bond motifs is 1. The largest absolute Gasteiger partial charge is 0.495 e. The van der Waals surface area contributed by atoms with Crippen LogP contribution in [0.4, 0.5) is 0 Å². The number of para-hydroxylation sites is 3. The van der Waals surface area contributed by atoms with Gasteiger partial charge in [0.15, 0.2) is 5.16 Å². The Labute approximate surface area is 148 Å². The minimum absolute atomic E-state index is 0.123. The SMILES string of the molecule is COc1ccccc1-n1c(SC/C=C/Cl)nc2ccccc2c1=O. The monoisotopic (exact) mass is 358 g/mol. The highest BCUT2D eigenvalue weighted by atomic mass is 35.5. The number of halogens is 1. The van der Waals surface area contributed by atoms with Crippen LogP contribution in [-0.2, 0) is 0 Å². The average molecular weight is 359 g/mol. The molecule has 0 amide bonds. The predicted octanol–water partition coefficient (Wildman–Crippen LogP) is 4.24. The lowest BCUT2D eigenvalue weighted by molar-refractivity contribution is 0.411. The molecule has 0 fully saturated rings. The van der Waals surface area contributed by atoms with E-state index in [-0.39, 0.29) is 5.56 Å². The van der Waals surface area contributed by atoms with Crippen molar-refractivity contribution in [1.29, 1.82) is 0 Å². The van der Waals surface area contributed by atoms with E-state index in [0.29, 0.717) is 33.2 Å². The molecule has 0 spiro atoms. The molecule has 0 unspecified atom stereocenters. The Morgan fingerprint density at radius 3 is 2.75 bits per heavy atom. The fourth-order valence-corrected chi connectivity index (χ4v) is 3.40. The van der Waals surface area contributed by atoms with E-state index in [0.717, 1.165) is 0 Å². The molecule has 0 saturated heterocycles. The van der Waals surface area contributed by atoms with Gasteiger partial charge < -0.3 is 4.74 Å². The maximum absolute atomic E-state index is 13.1. The molecule has 0 aliphatic carbocycles. The van der Waals surface area contributed by atoms with Crippen LogP contribution in [0, 0.1) is 0 Å². The third-order valence-corrected chi connectivity index (χ3v) is 4.54. The molecule has 4 nitrogen and oxygen atoms in total. The average Bonchev–Trinajstić information content (AvgIpc) is 2.62. The van der Waals surface area contributed by atoms with Gasteiger partial charge in [-0.2, -0.15) is 0 Å². The summed E-state index contributed by atoms with van der Waals surface area (Å²) < 4.78 is 7.01. The second kappa shape index (κ2) is 7.55. The van der Waals surface area contributed by atoms with E-state index in [9.17, 15) is 4.79 Å². The van der Waals surface area contributed by atoms with Crippen LogP contribution < -0.4 is 10.3 Å². The van der Waals surface area contributed by atoms with Crippen molar-refractivity contribution in [3.8, 4) is 11.4 Å². The molecular formula is C18H15ClN2O2S. The van der Waals surface area contributed by atoms with Gasteiger partial charge in [-0.25, -0.2) is 4.98 Å². The molecule has 1 aromatic heterocycles. The van der Waals surface area contributed by atoms with E-state index in [1.54, 1.807) is 23.8 Å². The lowest BCUT2D eigenvalue weighted by Crippen LogP contribution is -2.22. The van der Waals surface area contributed by atoms with Gasteiger partial charge in [-0.1, -0.05) is 53.7 Å². The number of hydrogen-bond acceptors (Lipinski definition) is 4. The first-order chi connectivity index (χ1) is 11.8. The van der Waals surface area contributed by atoms with Gasteiger partial charge in [-0.15, -0.1) is 0 Å². The first-order valence-corrected chi connectivity index (χ1v) is 8.71. The number of benzene rings is 2.